The van der Waals surface area contributed by atoms with Gasteiger partial charge in [-0.15, -0.1) is 0 Å². The van der Waals surface area contributed by atoms with Crippen molar-refractivity contribution < 1.29 is 62.0 Å². The predicted octanol–water partition coefficient (Wildman–Crippen LogP) is 6.51. The molecule has 1 aliphatic carbocycles. The second-order valence-corrected chi connectivity index (χ2v) is 12.2. The molecule has 0 spiro atoms. The van der Waals surface area contributed by atoms with Crippen molar-refractivity contribution >= 4 is 41.4 Å². The molecule has 0 radical (unpaired) electrons. The third kappa shape index (κ3) is 10.3. The number of benzene rings is 1. The van der Waals surface area contributed by atoms with Gasteiger partial charge in [-0.25, -0.2) is 0 Å². The minimum absolute atomic E-state index is 0.0107. The van der Waals surface area contributed by atoms with Crippen LogP contribution in [0.4, 0.5) is 0 Å². The molecule has 13 nitrogen and oxygen atoms in total. The number of hydrogen-bond donors (Lipinski definition) is 0. The normalized spacial score (nSPS) is 15.9. The van der Waals surface area contributed by atoms with Crippen LogP contribution in [0.25, 0.3) is 0 Å². The summed E-state index contributed by atoms with van der Waals surface area (Å²) in [5.41, 5.74) is -1.56. The lowest BCUT2D eigenvalue weighted by Crippen LogP contribution is -2.37. The van der Waals surface area contributed by atoms with Crippen molar-refractivity contribution in [3.05, 3.63) is 63.3 Å². The Morgan fingerprint density at radius 2 is 1.31 bits per heavy atom. The van der Waals surface area contributed by atoms with Crippen LogP contribution in [0.1, 0.15) is 111 Å². The molecule has 0 bridgehead atoms. The maximum atomic E-state index is 14.9. The van der Waals surface area contributed by atoms with E-state index < -0.39 is 53.2 Å². The number of ketones is 2. The molecule has 1 atom stereocenters. The maximum absolute atomic E-state index is 14.9. The molecular weight excluding hydrogens is 664 g/mol. The lowest BCUT2D eigenvalue weighted by atomic mass is 9.71. The molecule has 0 saturated heterocycles. The number of hydrogen-bond acceptors (Lipinski definition) is 13. The van der Waals surface area contributed by atoms with E-state index in [-0.39, 0.29) is 76.1 Å². The molecule has 2 rings (SSSR count). The third-order valence-corrected chi connectivity index (χ3v) is 7.44. The van der Waals surface area contributed by atoms with Crippen molar-refractivity contribution in [2.24, 2.45) is 5.41 Å². The van der Waals surface area contributed by atoms with Crippen molar-refractivity contribution in [3.8, 4) is 17.2 Å². The second-order valence-electron chi connectivity index (χ2n) is 12.2. The van der Waals surface area contributed by atoms with Crippen LogP contribution in [0.15, 0.2) is 52.2 Å². The quantitative estimate of drug-likeness (QED) is 0.0482. The Bertz CT molecular complexity index is 1750. The zero-order chi connectivity index (χ0) is 38.8. The number of esters is 5. The number of carbonyl (C=O) groups is 7. The van der Waals surface area contributed by atoms with Crippen LogP contribution in [0, 0.1) is 5.41 Å². The van der Waals surface area contributed by atoms with Crippen molar-refractivity contribution in [1.29, 1.82) is 0 Å². The Kier molecular flexibility index (Phi) is 14.8. The molecule has 13 heteroatoms. The van der Waals surface area contributed by atoms with Gasteiger partial charge in [0.1, 0.15) is 39.9 Å². The van der Waals surface area contributed by atoms with Crippen LogP contribution in [-0.2, 0) is 49.4 Å². The molecule has 0 amide bonds. The van der Waals surface area contributed by atoms with Crippen molar-refractivity contribution in [1.82, 2.24) is 0 Å². The highest BCUT2D eigenvalue weighted by atomic mass is 16.6. The summed E-state index contributed by atoms with van der Waals surface area (Å²) in [6, 6.07) is 1.26. The predicted molar refractivity (Wildman–Crippen MR) is 183 cm³/mol. The first kappa shape index (κ1) is 41.8. The van der Waals surface area contributed by atoms with Gasteiger partial charge < -0.3 is 28.4 Å². The molecule has 1 aliphatic rings. The second kappa shape index (κ2) is 18.1. The van der Waals surface area contributed by atoms with Crippen LogP contribution >= 0.6 is 0 Å². The van der Waals surface area contributed by atoms with Crippen molar-refractivity contribution in [2.45, 2.75) is 101 Å². The van der Waals surface area contributed by atoms with Crippen LogP contribution in [0.3, 0.4) is 0 Å². The van der Waals surface area contributed by atoms with E-state index in [1.165, 1.54) is 19.3 Å². The summed E-state index contributed by atoms with van der Waals surface area (Å²) >= 11 is 0. The number of ether oxygens (including phenoxy) is 6. The molecule has 1 aromatic carbocycles. The standard InChI is InChI=1S/C38H46O13/c1-12-14-28(44)32-31(46-11)19-30(48-22(6)40)26(35(32)49-23(7)41)18-27-34(45)33(29(15-13-2)47-21(5)39)37(51-25(9)43)38(10,17-16-20(3)4)36(27)50-24(8)42/h15-16,19H,12-14,17-18H2,1-11H3/b29-15-. The summed E-state index contributed by atoms with van der Waals surface area (Å²) in [7, 11) is 1.28. The molecule has 0 heterocycles. The van der Waals surface area contributed by atoms with Gasteiger partial charge in [0, 0.05) is 64.7 Å². The minimum atomic E-state index is -1.59. The highest BCUT2D eigenvalue weighted by molar-refractivity contribution is 6.14. The van der Waals surface area contributed by atoms with E-state index in [4.69, 9.17) is 28.4 Å². The fourth-order valence-corrected chi connectivity index (χ4v) is 5.48. The average molecular weight is 711 g/mol. The molecule has 1 unspecified atom stereocenters. The van der Waals surface area contributed by atoms with Gasteiger partial charge in [-0.3, -0.25) is 33.6 Å². The van der Waals surface area contributed by atoms with E-state index in [0.29, 0.717) is 6.42 Å². The van der Waals surface area contributed by atoms with E-state index in [0.717, 1.165) is 40.2 Å². The van der Waals surface area contributed by atoms with Gasteiger partial charge in [-0.05, 0) is 46.1 Å². The summed E-state index contributed by atoms with van der Waals surface area (Å²) in [6.07, 6.45) is 3.39. The first-order chi connectivity index (χ1) is 23.8. The topological polar surface area (TPSA) is 175 Å². The van der Waals surface area contributed by atoms with Gasteiger partial charge in [-0.1, -0.05) is 25.5 Å². The van der Waals surface area contributed by atoms with Crippen LogP contribution in [0.2, 0.25) is 0 Å². The Balaban J connectivity index is 3.34. The summed E-state index contributed by atoms with van der Waals surface area (Å²) in [5.74, 6) is -6.76. The average Bonchev–Trinajstić information content (AvgIpc) is 3.00. The first-order valence-electron chi connectivity index (χ1n) is 16.4. The number of methoxy groups -OCH3 is 1. The molecule has 51 heavy (non-hydrogen) atoms. The SMILES string of the molecule is CC/C=C(\OC(C)=O)C1=C(OC(C)=O)C(C)(CC=C(C)C)C(OC(C)=O)=C(Cc2c(OC(C)=O)cc(OC)c(C(=O)CCC)c2OC(C)=O)C1=O. The number of Topliss-reactive ketones (excluding diaryl/α,β-unsaturated/α-hetero) is 2. The van der Waals surface area contributed by atoms with E-state index in [9.17, 15) is 33.6 Å². The van der Waals surface area contributed by atoms with Gasteiger partial charge in [0.15, 0.2) is 17.3 Å². The molecule has 276 valence electrons. The molecule has 0 saturated carbocycles. The third-order valence-electron chi connectivity index (χ3n) is 7.44. The van der Waals surface area contributed by atoms with Crippen molar-refractivity contribution in [2.75, 3.05) is 7.11 Å². The fourth-order valence-electron chi connectivity index (χ4n) is 5.48. The molecule has 0 aromatic heterocycles. The smallest absolute Gasteiger partial charge is 0.308 e. The van der Waals surface area contributed by atoms with Crippen molar-refractivity contribution in [3.63, 3.8) is 0 Å². The number of rotatable bonds is 15. The van der Waals surface area contributed by atoms with Gasteiger partial charge in [0.25, 0.3) is 0 Å². The summed E-state index contributed by atoms with van der Waals surface area (Å²) in [6.45, 7) is 14.3. The Morgan fingerprint density at radius 3 is 1.78 bits per heavy atom. The molecule has 0 N–H and O–H groups in total. The Labute approximate surface area is 297 Å². The van der Waals surface area contributed by atoms with Crippen LogP contribution < -0.4 is 14.2 Å². The highest BCUT2D eigenvalue weighted by Gasteiger charge is 2.50. The summed E-state index contributed by atoms with van der Waals surface area (Å²) in [5, 5.41) is 0. The van der Waals surface area contributed by atoms with Gasteiger partial charge in [0.05, 0.1) is 12.5 Å². The molecular formula is C38H46O13. The van der Waals surface area contributed by atoms with Crippen LogP contribution in [-0.4, -0.2) is 48.5 Å². The lowest BCUT2D eigenvalue weighted by Gasteiger charge is -2.38. The fraction of sp³-hybridized carbons (Fsp3) is 0.447. The molecule has 1 aromatic rings. The van der Waals surface area contributed by atoms with Gasteiger partial charge in [0.2, 0.25) is 0 Å². The van der Waals surface area contributed by atoms with E-state index in [2.05, 4.69) is 0 Å². The number of carbonyl (C=O) groups excluding carboxylic acids is 7. The van der Waals surface area contributed by atoms with E-state index in [1.807, 2.05) is 13.8 Å². The Hall–Kier alpha value is -5.33. The number of allylic oxidation sites excluding steroid dienone is 5. The largest absolute Gasteiger partial charge is 0.496 e. The first-order valence-corrected chi connectivity index (χ1v) is 16.4. The monoisotopic (exact) mass is 710 g/mol. The highest BCUT2D eigenvalue weighted by Crippen LogP contribution is 2.51. The lowest BCUT2D eigenvalue weighted by molar-refractivity contribution is -0.141. The van der Waals surface area contributed by atoms with E-state index in [1.54, 1.807) is 26.8 Å². The zero-order valence-corrected chi connectivity index (χ0v) is 31.1. The minimum Gasteiger partial charge on any atom is -0.496 e. The zero-order valence-electron chi connectivity index (χ0n) is 31.1. The summed E-state index contributed by atoms with van der Waals surface area (Å²) in [4.78, 5) is 91.1. The molecule has 0 aliphatic heterocycles. The molecule has 0 fully saturated rings. The maximum Gasteiger partial charge on any atom is 0.308 e. The van der Waals surface area contributed by atoms with Crippen LogP contribution in [0.5, 0.6) is 17.2 Å². The van der Waals surface area contributed by atoms with Gasteiger partial charge in [-0.2, -0.15) is 0 Å². The summed E-state index contributed by atoms with van der Waals surface area (Å²) < 4.78 is 33.7. The van der Waals surface area contributed by atoms with Gasteiger partial charge >= 0.3 is 29.8 Å². The Morgan fingerprint density at radius 1 is 0.745 bits per heavy atom. The van der Waals surface area contributed by atoms with E-state index >= 15 is 0 Å².